The van der Waals surface area contributed by atoms with Crippen molar-refractivity contribution in [3.8, 4) is 0 Å². The first-order chi connectivity index (χ1) is 6.71. The van der Waals surface area contributed by atoms with E-state index in [9.17, 15) is 8.22 Å². The molecule has 0 atom stereocenters. The number of rotatable bonds is 2. The lowest BCUT2D eigenvalue weighted by Crippen LogP contribution is -2.35. The van der Waals surface area contributed by atoms with E-state index in [0.717, 1.165) is 51.4 Å². The number of halogens is 2. The van der Waals surface area contributed by atoms with Crippen molar-refractivity contribution in [1.29, 1.82) is 0 Å². The molecule has 0 N–H and O–H groups in total. The van der Waals surface area contributed by atoms with Crippen molar-refractivity contribution >= 4 is 8.74 Å². The molecule has 0 radical (unpaired) electrons. The van der Waals surface area contributed by atoms with Crippen LogP contribution >= 0.6 is 0 Å². The second kappa shape index (κ2) is 4.29. The molecule has 3 heteroatoms. The van der Waals surface area contributed by atoms with Crippen LogP contribution in [0.2, 0.25) is 11.1 Å². The molecule has 0 aromatic rings. The summed E-state index contributed by atoms with van der Waals surface area (Å²) in [6.45, 7) is 0. The Morgan fingerprint density at radius 1 is 0.643 bits per heavy atom. The standard InChI is InChI=1S/C11H20F2Si/c12-14(13,11-8-4-5-9-11)10-6-2-1-3-7-10/h10-11H,1-9H2. The van der Waals surface area contributed by atoms with Crippen molar-refractivity contribution in [3.63, 3.8) is 0 Å². The summed E-state index contributed by atoms with van der Waals surface area (Å²) >= 11 is 0. The van der Waals surface area contributed by atoms with E-state index in [2.05, 4.69) is 0 Å². The summed E-state index contributed by atoms with van der Waals surface area (Å²) < 4.78 is 28.3. The van der Waals surface area contributed by atoms with E-state index in [-0.39, 0.29) is 11.1 Å². The molecule has 2 rings (SSSR count). The Morgan fingerprint density at radius 2 is 1.00 bits per heavy atom. The lowest BCUT2D eigenvalue weighted by molar-refractivity contribution is 0.414. The maximum Gasteiger partial charge on any atom is 0.430 e. The quantitative estimate of drug-likeness (QED) is 0.467. The molecule has 0 spiro atoms. The molecule has 0 bridgehead atoms. The molecular weight excluding hydrogens is 198 g/mol. The van der Waals surface area contributed by atoms with Gasteiger partial charge in [0.15, 0.2) is 0 Å². The highest BCUT2D eigenvalue weighted by Crippen LogP contribution is 2.50. The van der Waals surface area contributed by atoms with Crippen LogP contribution in [0.1, 0.15) is 57.8 Å². The van der Waals surface area contributed by atoms with Gasteiger partial charge >= 0.3 is 8.74 Å². The van der Waals surface area contributed by atoms with Gasteiger partial charge in [-0.15, -0.1) is 0 Å². The second-order valence-electron chi connectivity index (χ2n) is 4.99. The zero-order valence-electron chi connectivity index (χ0n) is 8.77. The van der Waals surface area contributed by atoms with E-state index in [4.69, 9.17) is 0 Å². The summed E-state index contributed by atoms with van der Waals surface area (Å²) in [5, 5.41) is 0. The molecule has 0 unspecified atom stereocenters. The highest BCUT2D eigenvalue weighted by molar-refractivity contribution is 6.69. The fourth-order valence-electron chi connectivity index (χ4n) is 3.13. The van der Waals surface area contributed by atoms with Gasteiger partial charge in [-0.25, -0.2) is 0 Å². The fourth-order valence-corrected chi connectivity index (χ4v) is 6.15. The number of hydrogen-bond donors (Lipinski definition) is 0. The lowest BCUT2D eigenvalue weighted by atomic mass is 10.0. The van der Waals surface area contributed by atoms with Gasteiger partial charge in [0.2, 0.25) is 0 Å². The molecule has 0 saturated heterocycles. The van der Waals surface area contributed by atoms with Crippen LogP contribution in [0, 0.1) is 0 Å². The average molecular weight is 218 g/mol. The van der Waals surface area contributed by atoms with Crippen molar-refractivity contribution in [2.45, 2.75) is 68.9 Å². The summed E-state index contributed by atoms with van der Waals surface area (Å²) in [4.78, 5) is 0. The summed E-state index contributed by atoms with van der Waals surface area (Å²) in [6.07, 6.45) is 8.72. The Balaban J connectivity index is 1.97. The SMILES string of the molecule is F[Si](F)(C1CCCCC1)C1CCCC1. The largest absolute Gasteiger partial charge is 0.430 e. The molecule has 0 amide bonds. The monoisotopic (exact) mass is 218 g/mol. The fraction of sp³-hybridized carbons (Fsp3) is 1.00. The topological polar surface area (TPSA) is 0 Å². The average Bonchev–Trinajstić information content (AvgIpc) is 2.72. The Hall–Kier alpha value is 0.0769. The molecule has 0 heterocycles. The van der Waals surface area contributed by atoms with Crippen LogP contribution < -0.4 is 0 Å². The molecule has 0 nitrogen and oxygen atoms in total. The molecule has 2 aliphatic rings. The van der Waals surface area contributed by atoms with Crippen LogP contribution in [0.5, 0.6) is 0 Å². The summed E-state index contributed by atoms with van der Waals surface area (Å²) in [6, 6.07) is 0. The third-order valence-corrected chi connectivity index (χ3v) is 7.38. The third kappa shape index (κ3) is 2.02. The Bertz CT molecular complexity index is 182. The first-order valence-electron chi connectivity index (χ1n) is 6.09. The van der Waals surface area contributed by atoms with Gasteiger partial charge in [0.05, 0.1) is 0 Å². The molecule has 0 aliphatic heterocycles. The first kappa shape index (κ1) is 10.6. The van der Waals surface area contributed by atoms with Crippen LogP contribution in [0.25, 0.3) is 0 Å². The van der Waals surface area contributed by atoms with Crippen LogP contribution in [-0.4, -0.2) is 8.74 Å². The highest BCUT2D eigenvalue weighted by atomic mass is 28.4. The molecule has 2 saturated carbocycles. The van der Waals surface area contributed by atoms with Gasteiger partial charge in [-0.1, -0.05) is 32.1 Å². The van der Waals surface area contributed by atoms with Crippen LogP contribution in [0.15, 0.2) is 0 Å². The van der Waals surface area contributed by atoms with Crippen molar-refractivity contribution < 1.29 is 8.22 Å². The minimum atomic E-state index is -3.87. The van der Waals surface area contributed by atoms with Gasteiger partial charge < -0.3 is 0 Å². The Labute approximate surface area is 86.4 Å². The van der Waals surface area contributed by atoms with Crippen molar-refractivity contribution in [1.82, 2.24) is 0 Å². The molecule has 82 valence electrons. The highest BCUT2D eigenvalue weighted by Gasteiger charge is 2.51. The minimum Gasteiger partial charge on any atom is -0.270 e. The van der Waals surface area contributed by atoms with Crippen LogP contribution in [0.3, 0.4) is 0 Å². The number of hydrogen-bond acceptors (Lipinski definition) is 0. The first-order valence-corrected chi connectivity index (χ1v) is 8.00. The second-order valence-corrected chi connectivity index (χ2v) is 7.97. The predicted molar refractivity (Wildman–Crippen MR) is 57.0 cm³/mol. The maximum absolute atomic E-state index is 14.2. The molecule has 0 aromatic heterocycles. The van der Waals surface area contributed by atoms with Gasteiger partial charge in [0, 0.05) is 11.1 Å². The van der Waals surface area contributed by atoms with Crippen LogP contribution in [0.4, 0.5) is 8.22 Å². The zero-order chi connectivity index (χ0) is 10.0. The van der Waals surface area contributed by atoms with Crippen LogP contribution in [-0.2, 0) is 0 Å². The van der Waals surface area contributed by atoms with Gasteiger partial charge in [-0.3, -0.25) is 8.22 Å². The van der Waals surface area contributed by atoms with Gasteiger partial charge in [-0.2, -0.15) is 0 Å². The molecule has 14 heavy (non-hydrogen) atoms. The Kier molecular flexibility index (Phi) is 3.25. The van der Waals surface area contributed by atoms with E-state index >= 15 is 0 Å². The summed E-state index contributed by atoms with van der Waals surface area (Å²) in [7, 11) is -3.87. The van der Waals surface area contributed by atoms with E-state index < -0.39 is 8.74 Å². The summed E-state index contributed by atoms with van der Waals surface area (Å²) in [5.74, 6) is 0. The minimum absolute atomic E-state index is 0.148. The van der Waals surface area contributed by atoms with Crippen molar-refractivity contribution in [2.24, 2.45) is 0 Å². The molecule has 2 aliphatic carbocycles. The van der Waals surface area contributed by atoms with E-state index in [1.807, 2.05) is 0 Å². The maximum atomic E-state index is 14.2. The third-order valence-electron chi connectivity index (χ3n) is 4.05. The van der Waals surface area contributed by atoms with Gasteiger partial charge in [0.1, 0.15) is 0 Å². The molecule has 0 aromatic carbocycles. The van der Waals surface area contributed by atoms with Crippen molar-refractivity contribution in [2.75, 3.05) is 0 Å². The van der Waals surface area contributed by atoms with E-state index in [1.165, 1.54) is 6.42 Å². The zero-order valence-corrected chi connectivity index (χ0v) is 9.77. The van der Waals surface area contributed by atoms with E-state index in [1.54, 1.807) is 0 Å². The predicted octanol–water partition coefficient (Wildman–Crippen LogP) is 4.65. The Morgan fingerprint density at radius 3 is 1.43 bits per heavy atom. The van der Waals surface area contributed by atoms with Crippen molar-refractivity contribution in [3.05, 3.63) is 0 Å². The smallest absolute Gasteiger partial charge is 0.270 e. The van der Waals surface area contributed by atoms with Gasteiger partial charge in [0.25, 0.3) is 0 Å². The molecular formula is C11H20F2Si. The summed E-state index contributed by atoms with van der Waals surface area (Å²) in [5.41, 5.74) is -0.301. The lowest BCUT2D eigenvalue weighted by Gasteiger charge is -2.31. The molecule has 2 fully saturated rings. The van der Waals surface area contributed by atoms with E-state index in [0.29, 0.717) is 0 Å². The normalized spacial score (nSPS) is 27.0. The van der Waals surface area contributed by atoms with Gasteiger partial charge in [-0.05, 0) is 25.7 Å².